The third kappa shape index (κ3) is 5.62. The molecule has 0 fully saturated rings. The molecule has 1 aromatic rings. The molecule has 20 heavy (non-hydrogen) atoms. The molecule has 1 atom stereocenters. The summed E-state index contributed by atoms with van der Waals surface area (Å²) in [5.41, 5.74) is 0.936. The first-order valence-corrected chi connectivity index (χ1v) is 6.54. The van der Waals surface area contributed by atoms with Gasteiger partial charge in [0.25, 0.3) is 0 Å². The van der Waals surface area contributed by atoms with Crippen LogP contribution in [0.3, 0.4) is 0 Å². The van der Waals surface area contributed by atoms with Gasteiger partial charge in [-0.15, -0.1) is 6.58 Å². The maximum Gasteiger partial charge on any atom is 0.305 e. The van der Waals surface area contributed by atoms with E-state index in [-0.39, 0.29) is 11.9 Å². The minimum atomic E-state index is -0.184. The fourth-order valence-electron chi connectivity index (χ4n) is 1.67. The fraction of sp³-hybridized carbons (Fsp3) is 0.353. The average Bonchev–Trinajstić information content (AvgIpc) is 2.50. The molecule has 0 aliphatic heterocycles. The zero-order chi connectivity index (χ0) is 14.8. The number of methoxy groups -OCH3 is 2. The summed E-state index contributed by atoms with van der Waals surface area (Å²) in [5, 5.41) is 0. The number of esters is 1. The third-order valence-corrected chi connectivity index (χ3v) is 2.90. The molecule has 1 rings (SSSR count). The minimum Gasteiger partial charge on any atom is -0.497 e. The van der Waals surface area contributed by atoms with E-state index in [1.165, 1.54) is 7.11 Å². The van der Waals surface area contributed by atoms with Crippen LogP contribution in [0.2, 0.25) is 0 Å². The summed E-state index contributed by atoms with van der Waals surface area (Å²) in [7, 11) is 3.03. The van der Waals surface area contributed by atoms with Crippen LogP contribution in [0.25, 0.3) is 0 Å². The Morgan fingerprint density at radius 2 is 2.05 bits per heavy atom. The van der Waals surface area contributed by atoms with Crippen LogP contribution in [-0.2, 0) is 9.53 Å². The Kier molecular flexibility index (Phi) is 6.99. The number of carbonyl (C=O) groups excluding carboxylic acids is 1. The largest absolute Gasteiger partial charge is 0.497 e. The van der Waals surface area contributed by atoms with E-state index in [0.29, 0.717) is 6.42 Å². The van der Waals surface area contributed by atoms with E-state index < -0.39 is 0 Å². The van der Waals surface area contributed by atoms with Crippen LogP contribution < -0.4 is 4.74 Å². The summed E-state index contributed by atoms with van der Waals surface area (Å²) < 4.78 is 9.70. The first-order valence-electron chi connectivity index (χ1n) is 6.54. The lowest BCUT2D eigenvalue weighted by molar-refractivity contribution is -0.140. The van der Waals surface area contributed by atoms with Gasteiger partial charge in [-0.05, 0) is 37.1 Å². The summed E-state index contributed by atoms with van der Waals surface area (Å²) >= 11 is 0. The number of ether oxygens (including phenoxy) is 2. The van der Waals surface area contributed by atoms with E-state index in [4.69, 9.17) is 4.74 Å². The molecule has 0 bridgehead atoms. The maximum atomic E-state index is 11.0. The molecule has 3 nitrogen and oxygen atoms in total. The molecule has 0 N–H and O–H groups in total. The minimum absolute atomic E-state index is 0.0850. The predicted octanol–water partition coefficient (Wildman–Crippen LogP) is 3.19. The quantitative estimate of drug-likeness (QED) is 0.453. The molecule has 1 aromatic carbocycles. The van der Waals surface area contributed by atoms with E-state index in [2.05, 4.69) is 23.2 Å². The molecular formula is C17H20O3. The molecule has 0 aliphatic carbocycles. The van der Waals surface area contributed by atoms with Gasteiger partial charge in [-0.2, -0.15) is 0 Å². The Morgan fingerprint density at radius 1 is 1.35 bits per heavy atom. The summed E-state index contributed by atoms with van der Waals surface area (Å²) in [6.45, 7) is 3.78. The Morgan fingerprint density at radius 3 is 2.60 bits per heavy atom. The molecular weight excluding hydrogens is 252 g/mol. The smallest absolute Gasteiger partial charge is 0.305 e. The highest BCUT2D eigenvalue weighted by Crippen LogP contribution is 2.12. The van der Waals surface area contributed by atoms with Crippen molar-refractivity contribution in [2.24, 2.45) is 5.92 Å². The van der Waals surface area contributed by atoms with Gasteiger partial charge in [0.05, 0.1) is 14.2 Å². The lowest BCUT2D eigenvalue weighted by Gasteiger charge is -2.04. The van der Waals surface area contributed by atoms with E-state index in [1.807, 2.05) is 30.3 Å². The van der Waals surface area contributed by atoms with E-state index in [9.17, 15) is 4.79 Å². The number of hydrogen-bond acceptors (Lipinski definition) is 3. The normalized spacial score (nSPS) is 10.9. The average molecular weight is 272 g/mol. The molecule has 0 aliphatic rings. The van der Waals surface area contributed by atoms with Crippen LogP contribution in [0.15, 0.2) is 36.9 Å². The zero-order valence-corrected chi connectivity index (χ0v) is 12.0. The van der Waals surface area contributed by atoms with Gasteiger partial charge < -0.3 is 9.47 Å². The predicted molar refractivity (Wildman–Crippen MR) is 79.4 cm³/mol. The molecule has 0 radical (unpaired) electrons. The number of carbonyl (C=O) groups is 1. The van der Waals surface area contributed by atoms with Crippen LogP contribution >= 0.6 is 0 Å². The highest BCUT2D eigenvalue weighted by Gasteiger charge is 2.04. The number of benzene rings is 1. The molecule has 0 spiro atoms. The number of hydrogen-bond donors (Lipinski definition) is 0. The van der Waals surface area contributed by atoms with Gasteiger partial charge in [-0.1, -0.05) is 17.9 Å². The third-order valence-electron chi connectivity index (χ3n) is 2.90. The van der Waals surface area contributed by atoms with Gasteiger partial charge in [-0.25, -0.2) is 0 Å². The Bertz CT molecular complexity index is 491. The first kappa shape index (κ1) is 15.8. The van der Waals surface area contributed by atoms with E-state index in [0.717, 1.165) is 24.2 Å². The van der Waals surface area contributed by atoms with Crippen LogP contribution in [-0.4, -0.2) is 20.2 Å². The summed E-state index contributed by atoms with van der Waals surface area (Å²) in [4.78, 5) is 11.0. The molecule has 0 aromatic heterocycles. The van der Waals surface area contributed by atoms with Crippen molar-refractivity contribution in [2.75, 3.05) is 14.2 Å². The maximum absolute atomic E-state index is 11.0. The van der Waals surface area contributed by atoms with E-state index in [1.54, 1.807) is 7.11 Å². The summed E-state index contributed by atoms with van der Waals surface area (Å²) in [6, 6.07) is 7.59. The highest BCUT2D eigenvalue weighted by atomic mass is 16.5. The lowest BCUT2D eigenvalue weighted by Crippen LogP contribution is -2.01. The van der Waals surface area contributed by atoms with Crippen LogP contribution in [0.5, 0.6) is 5.75 Å². The van der Waals surface area contributed by atoms with Gasteiger partial charge >= 0.3 is 5.97 Å². The van der Waals surface area contributed by atoms with Gasteiger partial charge in [-0.3, -0.25) is 4.79 Å². The molecule has 0 amide bonds. The fourth-order valence-corrected chi connectivity index (χ4v) is 1.67. The topological polar surface area (TPSA) is 35.5 Å². The Labute approximate surface area is 120 Å². The Hall–Kier alpha value is -2.21. The van der Waals surface area contributed by atoms with Crippen molar-refractivity contribution in [3.63, 3.8) is 0 Å². The zero-order valence-electron chi connectivity index (χ0n) is 12.0. The van der Waals surface area contributed by atoms with Crippen molar-refractivity contribution in [1.82, 2.24) is 0 Å². The highest BCUT2D eigenvalue weighted by molar-refractivity contribution is 5.69. The van der Waals surface area contributed by atoms with Crippen LogP contribution in [0.1, 0.15) is 24.8 Å². The van der Waals surface area contributed by atoms with E-state index >= 15 is 0 Å². The summed E-state index contributed by atoms with van der Waals surface area (Å²) in [6.07, 6.45) is 3.79. The van der Waals surface area contributed by atoms with Gasteiger partial charge in [0.15, 0.2) is 0 Å². The van der Waals surface area contributed by atoms with Crippen molar-refractivity contribution in [1.29, 1.82) is 0 Å². The molecule has 3 heteroatoms. The van der Waals surface area contributed by atoms with Crippen molar-refractivity contribution in [3.05, 3.63) is 42.5 Å². The Balaban J connectivity index is 2.52. The van der Waals surface area contributed by atoms with Crippen molar-refractivity contribution >= 4 is 5.97 Å². The van der Waals surface area contributed by atoms with Gasteiger partial charge in [0.1, 0.15) is 5.75 Å². The van der Waals surface area contributed by atoms with Crippen molar-refractivity contribution in [3.8, 4) is 17.6 Å². The monoisotopic (exact) mass is 272 g/mol. The second-order valence-corrected chi connectivity index (χ2v) is 4.31. The van der Waals surface area contributed by atoms with Crippen LogP contribution in [0, 0.1) is 17.8 Å². The first-order chi connectivity index (χ1) is 9.69. The molecule has 0 heterocycles. The standard InChI is InChI=1S/C17H20O3/c1-4-14(6-5-7-17(18)20-3)8-9-15-10-12-16(19-2)13-11-15/h4,10-14H,1,5-7H2,2-3H3/t14-/m0/s1. The SMILES string of the molecule is C=C[C@H](C#Cc1ccc(OC)cc1)CCCC(=O)OC. The number of allylic oxidation sites excluding steroid dienone is 1. The molecule has 0 saturated carbocycles. The lowest BCUT2D eigenvalue weighted by atomic mass is 10.0. The molecule has 0 unspecified atom stereocenters. The van der Waals surface area contributed by atoms with Gasteiger partial charge in [0.2, 0.25) is 0 Å². The second-order valence-electron chi connectivity index (χ2n) is 4.31. The van der Waals surface area contributed by atoms with Crippen molar-refractivity contribution < 1.29 is 14.3 Å². The number of rotatable bonds is 6. The second kappa shape index (κ2) is 8.82. The summed E-state index contributed by atoms with van der Waals surface area (Å²) in [5.74, 6) is 6.97. The van der Waals surface area contributed by atoms with Crippen molar-refractivity contribution in [2.45, 2.75) is 19.3 Å². The molecule has 106 valence electrons. The van der Waals surface area contributed by atoms with Gasteiger partial charge in [0, 0.05) is 17.9 Å². The molecule has 0 saturated heterocycles. The van der Waals surface area contributed by atoms with Crippen LogP contribution in [0.4, 0.5) is 0 Å².